The molecule has 0 bridgehead atoms. The van der Waals surface area contributed by atoms with Crippen LogP contribution in [-0.2, 0) is 6.42 Å². The van der Waals surface area contributed by atoms with Gasteiger partial charge in [0.1, 0.15) is 0 Å². The van der Waals surface area contributed by atoms with Crippen LogP contribution in [0.25, 0.3) is 0 Å². The van der Waals surface area contributed by atoms with Crippen molar-refractivity contribution in [3.63, 3.8) is 0 Å². The molecule has 0 aliphatic carbocycles. The predicted molar refractivity (Wildman–Crippen MR) is 94.5 cm³/mol. The zero-order valence-electron chi connectivity index (χ0n) is 12.9. The summed E-state index contributed by atoms with van der Waals surface area (Å²) in [6.07, 6.45) is 4.68. The topological polar surface area (TPSA) is 109 Å². The molecule has 0 saturated heterocycles. The molecule has 8 heteroatoms. The van der Waals surface area contributed by atoms with Crippen LogP contribution in [-0.4, -0.2) is 33.2 Å². The molecule has 0 atom stereocenters. The highest BCUT2D eigenvalue weighted by Gasteiger charge is 2.04. The number of aryl methyl sites for hydroxylation is 1. The van der Waals surface area contributed by atoms with E-state index >= 15 is 0 Å². The highest BCUT2D eigenvalue weighted by molar-refractivity contribution is 7.80. The zero-order chi connectivity index (χ0) is 16.7. The molecule has 0 aliphatic rings. The number of thiocarbonyl (C=S) groups is 1. The Morgan fingerprint density at radius 1 is 1.30 bits per heavy atom. The third kappa shape index (κ3) is 5.67. The first-order valence-electron chi connectivity index (χ1n) is 7.31. The van der Waals surface area contributed by atoms with Gasteiger partial charge in [0.15, 0.2) is 5.11 Å². The van der Waals surface area contributed by atoms with E-state index in [0.29, 0.717) is 31.0 Å². The third-order valence-electron chi connectivity index (χ3n) is 3.19. The lowest BCUT2D eigenvalue weighted by molar-refractivity contribution is 0.800. The van der Waals surface area contributed by atoms with E-state index in [2.05, 4.69) is 25.6 Å². The van der Waals surface area contributed by atoms with Gasteiger partial charge in [0.2, 0.25) is 5.95 Å². The third-order valence-corrected chi connectivity index (χ3v) is 3.33. The van der Waals surface area contributed by atoms with Crippen molar-refractivity contribution in [2.45, 2.75) is 19.8 Å². The van der Waals surface area contributed by atoms with Crippen molar-refractivity contribution in [1.29, 1.82) is 0 Å². The van der Waals surface area contributed by atoms with Crippen molar-refractivity contribution < 1.29 is 0 Å². The Kier molecular flexibility index (Phi) is 6.04. The molecule has 0 unspecified atom stereocenters. The Morgan fingerprint density at radius 3 is 2.78 bits per heavy atom. The molecule has 0 aromatic carbocycles. The van der Waals surface area contributed by atoms with E-state index in [4.69, 9.17) is 18.0 Å². The zero-order valence-corrected chi connectivity index (χ0v) is 13.7. The molecule has 0 saturated carbocycles. The van der Waals surface area contributed by atoms with E-state index in [1.54, 1.807) is 12.4 Å². The summed E-state index contributed by atoms with van der Waals surface area (Å²) in [6, 6.07) is 3.89. The van der Waals surface area contributed by atoms with Crippen molar-refractivity contribution in [3.05, 3.63) is 51.7 Å². The summed E-state index contributed by atoms with van der Waals surface area (Å²) in [5.41, 5.74) is 7.72. The summed E-state index contributed by atoms with van der Waals surface area (Å²) >= 11 is 4.71. The molecule has 5 N–H and O–H groups in total. The molecular weight excluding hydrogens is 312 g/mol. The lowest BCUT2D eigenvalue weighted by atomic mass is 10.1. The Labute approximate surface area is 139 Å². The van der Waals surface area contributed by atoms with Gasteiger partial charge in [-0.1, -0.05) is 6.07 Å². The summed E-state index contributed by atoms with van der Waals surface area (Å²) in [5.74, 6) is 0.455. The van der Waals surface area contributed by atoms with E-state index in [1.807, 2.05) is 19.1 Å². The Bertz CT molecular complexity index is 713. The van der Waals surface area contributed by atoms with Gasteiger partial charge in [-0.2, -0.15) is 0 Å². The average Bonchev–Trinajstić information content (AvgIpc) is 2.51. The first-order valence-corrected chi connectivity index (χ1v) is 7.72. The van der Waals surface area contributed by atoms with Gasteiger partial charge in [-0.25, -0.2) is 4.98 Å². The summed E-state index contributed by atoms with van der Waals surface area (Å²) < 4.78 is 0. The normalized spacial score (nSPS) is 10.3. The lowest BCUT2D eigenvalue weighted by Gasteiger charge is -2.07. The van der Waals surface area contributed by atoms with Gasteiger partial charge in [-0.15, -0.1) is 0 Å². The van der Waals surface area contributed by atoms with E-state index in [0.717, 1.165) is 17.7 Å². The summed E-state index contributed by atoms with van der Waals surface area (Å²) in [6.45, 7) is 3.25. The second-order valence-electron chi connectivity index (χ2n) is 5.14. The minimum atomic E-state index is -0.149. The van der Waals surface area contributed by atoms with Crippen LogP contribution in [0.2, 0.25) is 0 Å². The van der Waals surface area contributed by atoms with Crippen molar-refractivity contribution in [2.75, 3.05) is 18.4 Å². The van der Waals surface area contributed by atoms with E-state index in [-0.39, 0.29) is 10.7 Å². The van der Waals surface area contributed by atoms with Crippen molar-refractivity contribution in [2.24, 2.45) is 5.73 Å². The van der Waals surface area contributed by atoms with Gasteiger partial charge in [-0.05, 0) is 37.2 Å². The molecule has 2 rings (SSSR count). The maximum Gasteiger partial charge on any atom is 0.255 e. The molecule has 2 aromatic heterocycles. The lowest BCUT2D eigenvalue weighted by Crippen LogP contribution is -2.30. The molecule has 23 heavy (non-hydrogen) atoms. The molecule has 2 heterocycles. The standard InChI is InChI=1S/C15H20N6OS/c1-10-3-4-11(8-19-10)7-12-9-20-15(21-13(12)22)18-6-2-5-17-14(16)23/h3-4,8-9H,2,5-7H2,1H3,(H3,16,17,23)(H2,18,20,21,22). The van der Waals surface area contributed by atoms with Gasteiger partial charge < -0.3 is 16.4 Å². The number of hydrogen-bond acceptors (Lipinski definition) is 5. The first kappa shape index (κ1) is 16.9. The van der Waals surface area contributed by atoms with Crippen LogP contribution in [0.3, 0.4) is 0 Å². The van der Waals surface area contributed by atoms with Crippen LogP contribution in [0.4, 0.5) is 5.95 Å². The molecule has 2 aromatic rings. The number of rotatable bonds is 7. The van der Waals surface area contributed by atoms with Gasteiger partial charge in [0.25, 0.3) is 5.56 Å². The summed E-state index contributed by atoms with van der Waals surface area (Å²) in [4.78, 5) is 23.3. The molecule has 0 aliphatic heterocycles. The fraction of sp³-hybridized carbons (Fsp3) is 0.333. The number of pyridine rings is 1. The summed E-state index contributed by atoms with van der Waals surface area (Å²) in [7, 11) is 0. The predicted octanol–water partition coefficient (Wildman–Crippen LogP) is 0.699. The quantitative estimate of drug-likeness (QED) is 0.436. The molecule has 0 amide bonds. The number of hydrogen-bond donors (Lipinski definition) is 4. The Hall–Kier alpha value is -2.48. The van der Waals surface area contributed by atoms with Crippen LogP contribution < -0.4 is 21.9 Å². The van der Waals surface area contributed by atoms with Gasteiger partial charge in [0, 0.05) is 43.2 Å². The second-order valence-corrected chi connectivity index (χ2v) is 5.58. The van der Waals surface area contributed by atoms with Crippen molar-refractivity contribution in [3.8, 4) is 0 Å². The molecule has 7 nitrogen and oxygen atoms in total. The minimum Gasteiger partial charge on any atom is -0.376 e. The monoisotopic (exact) mass is 332 g/mol. The van der Waals surface area contributed by atoms with E-state index in [9.17, 15) is 4.79 Å². The number of nitrogens with zero attached hydrogens (tertiary/aromatic N) is 2. The maximum absolute atomic E-state index is 12.1. The van der Waals surface area contributed by atoms with Crippen LogP contribution in [0.15, 0.2) is 29.3 Å². The largest absolute Gasteiger partial charge is 0.376 e. The van der Waals surface area contributed by atoms with Crippen LogP contribution >= 0.6 is 12.2 Å². The SMILES string of the molecule is Cc1ccc(Cc2cnc(NCCCNC(N)=S)[nH]c2=O)cn1. The smallest absolute Gasteiger partial charge is 0.255 e. The number of aromatic amines is 1. The number of anilines is 1. The number of H-pyrrole nitrogens is 1. The van der Waals surface area contributed by atoms with Gasteiger partial charge in [-0.3, -0.25) is 14.8 Å². The van der Waals surface area contributed by atoms with Crippen LogP contribution in [0.5, 0.6) is 0 Å². The second kappa shape index (κ2) is 8.23. The minimum absolute atomic E-state index is 0.149. The highest BCUT2D eigenvalue weighted by atomic mass is 32.1. The molecule has 0 radical (unpaired) electrons. The molecular formula is C15H20N6OS. The van der Waals surface area contributed by atoms with Crippen LogP contribution in [0.1, 0.15) is 23.2 Å². The van der Waals surface area contributed by atoms with Crippen LogP contribution in [0, 0.1) is 6.92 Å². The van der Waals surface area contributed by atoms with Gasteiger partial charge >= 0.3 is 0 Å². The first-order chi connectivity index (χ1) is 11.0. The maximum atomic E-state index is 12.1. The average molecular weight is 332 g/mol. The van der Waals surface area contributed by atoms with E-state index < -0.39 is 0 Å². The fourth-order valence-electron chi connectivity index (χ4n) is 1.97. The molecule has 0 spiro atoms. The Balaban J connectivity index is 1.89. The van der Waals surface area contributed by atoms with Gasteiger partial charge in [0.05, 0.1) is 0 Å². The molecule has 0 fully saturated rings. The number of nitrogens with one attached hydrogen (secondary N) is 3. The molecule has 122 valence electrons. The van der Waals surface area contributed by atoms with E-state index in [1.165, 1.54) is 0 Å². The number of nitrogens with two attached hydrogens (primary N) is 1. The summed E-state index contributed by atoms with van der Waals surface area (Å²) in [5, 5.41) is 6.19. The fourth-order valence-corrected chi connectivity index (χ4v) is 2.07. The van der Waals surface area contributed by atoms with Crippen molar-refractivity contribution in [1.82, 2.24) is 20.3 Å². The Morgan fingerprint density at radius 2 is 2.13 bits per heavy atom. The van der Waals surface area contributed by atoms with Crippen molar-refractivity contribution >= 4 is 23.3 Å². The number of aromatic nitrogens is 3. The highest BCUT2D eigenvalue weighted by Crippen LogP contribution is 2.05.